The molecule has 4 aromatic heterocycles. The van der Waals surface area contributed by atoms with Crippen molar-refractivity contribution in [3.05, 3.63) is 59.9 Å². The molecule has 0 unspecified atom stereocenters. The molecule has 126 valence electrons. The highest BCUT2D eigenvalue weighted by molar-refractivity contribution is 5.65. The summed E-state index contributed by atoms with van der Waals surface area (Å²) >= 11 is 0. The Hall–Kier alpha value is -3.22. The molecule has 0 aliphatic heterocycles. The van der Waals surface area contributed by atoms with E-state index in [2.05, 4.69) is 25.4 Å². The van der Waals surface area contributed by atoms with E-state index in [9.17, 15) is 0 Å². The average molecular weight is 333 g/mol. The van der Waals surface area contributed by atoms with E-state index in [4.69, 9.17) is 0 Å². The molecule has 0 atom stereocenters. The maximum absolute atomic E-state index is 4.65. The van der Waals surface area contributed by atoms with Gasteiger partial charge in [0, 0.05) is 30.7 Å². The topological polar surface area (TPSA) is 72.9 Å². The lowest BCUT2D eigenvalue weighted by atomic mass is 10.1. The van der Waals surface area contributed by atoms with Gasteiger partial charge in [-0.1, -0.05) is 6.07 Å². The maximum Gasteiger partial charge on any atom is 0.223 e. The summed E-state index contributed by atoms with van der Waals surface area (Å²) in [6, 6.07) is 7.86. The second-order valence-electron chi connectivity index (χ2n) is 5.97. The van der Waals surface area contributed by atoms with Gasteiger partial charge in [-0.3, -0.25) is 4.68 Å². The number of fused-ring (bicyclic) bond motifs is 1. The van der Waals surface area contributed by atoms with E-state index >= 15 is 0 Å². The Morgan fingerprint density at radius 1 is 1.12 bits per heavy atom. The number of hydrogen-bond acceptors (Lipinski definition) is 5. The highest BCUT2D eigenvalue weighted by atomic mass is 15.3. The van der Waals surface area contributed by atoms with Gasteiger partial charge in [-0.15, -0.1) is 0 Å². The molecule has 0 bridgehead atoms. The molecule has 4 rings (SSSR count). The van der Waals surface area contributed by atoms with Crippen LogP contribution in [0, 0.1) is 13.8 Å². The minimum atomic E-state index is 0.589. The summed E-state index contributed by atoms with van der Waals surface area (Å²) in [7, 11) is 1.94. The minimum Gasteiger partial charge on any atom is -0.349 e. The normalized spacial score (nSPS) is 11.2. The monoisotopic (exact) mass is 333 g/mol. The molecule has 0 saturated heterocycles. The van der Waals surface area contributed by atoms with Crippen molar-refractivity contribution in [3.63, 3.8) is 0 Å². The van der Waals surface area contributed by atoms with Gasteiger partial charge in [-0.05, 0) is 32.0 Å². The predicted octanol–water partition coefficient (Wildman–Crippen LogP) is 2.75. The van der Waals surface area contributed by atoms with Crippen LogP contribution in [0.3, 0.4) is 0 Å². The van der Waals surface area contributed by atoms with E-state index in [1.165, 1.54) is 0 Å². The van der Waals surface area contributed by atoms with Crippen LogP contribution in [-0.4, -0.2) is 29.1 Å². The van der Waals surface area contributed by atoms with E-state index in [1.807, 2.05) is 66.6 Å². The molecule has 4 heterocycles. The molecule has 0 spiro atoms. The third-order valence-corrected chi connectivity index (χ3v) is 4.34. The number of nitrogens with one attached hydrogen (secondary N) is 1. The number of rotatable bonds is 4. The molecule has 0 aliphatic rings. The first-order valence-electron chi connectivity index (χ1n) is 8.12. The standard InChI is InChI=1S/C18H19N7/c1-12-17(13(2)24(3)23-12)15-7-8-19-18(22-15)21-11-14-10-20-16-6-4-5-9-25(14)16/h4-10H,11H2,1-3H3,(H,19,21,22). The van der Waals surface area contributed by atoms with Crippen molar-refractivity contribution in [2.24, 2.45) is 7.05 Å². The zero-order valence-electron chi connectivity index (χ0n) is 14.4. The maximum atomic E-state index is 4.65. The Bertz CT molecular complexity index is 1040. The molecule has 25 heavy (non-hydrogen) atoms. The number of imidazole rings is 1. The molecule has 0 radical (unpaired) electrons. The zero-order chi connectivity index (χ0) is 17.4. The van der Waals surface area contributed by atoms with Crippen molar-refractivity contribution in [1.82, 2.24) is 29.1 Å². The van der Waals surface area contributed by atoms with Crippen LogP contribution >= 0.6 is 0 Å². The lowest BCUT2D eigenvalue weighted by Gasteiger charge is -2.07. The van der Waals surface area contributed by atoms with Crippen LogP contribution in [0.5, 0.6) is 0 Å². The number of nitrogens with zero attached hydrogens (tertiary/aromatic N) is 6. The van der Waals surface area contributed by atoms with Gasteiger partial charge in [-0.2, -0.15) is 5.10 Å². The second kappa shape index (κ2) is 6.01. The quantitative estimate of drug-likeness (QED) is 0.622. The first-order chi connectivity index (χ1) is 12.1. The fraction of sp³-hybridized carbons (Fsp3) is 0.222. The summed E-state index contributed by atoms with van der Waals surface area (Å²) in [5, 5.41) is 7.75. The fourth-order valence-corrected chi connectivity index (χ4v) is 3.01. The van der Waals surface area contributed by atoms with Crippen molar-refractivity contribution in [1.29, 1.82) is 0 Å². The summed E-state index contributed by atoms with van der Waals surface area (Å²) in [5.41, 5.74) is 5.96. The number of pyridine rings is 1. The van der Waals surface area contributed by atoms with Crippen LogP contribution in [-0.2, 0) is 13.6 Å². The Morgan fingerprint density at radius 2 is 2.00 bits per heavy atom. The Balaban J connectivity index is 1.60. The van der Waals surface area contributed by atoms with Crippen LogP contribution in [0.1, 0.15) is 17.1 Å². The first-order valence-corrected chi connectivity index (χ1v) is 8.12. The number of aromatic nitrogens is 6. The minimum absolute atomic E-state index is 0.589. The van der Waals surface area contributed by atoms with Crippen LogP contribution in [0.4, 0.5) is 5.95 Å². The highest BCUT2D eigenvalue weighted by Gasteiger charge is 2.13. The van der Waals surface area contributed by atoms with Gasteiger partial charge < -0.3 is 9.72 Å². The molecule has 0 fully saturated rings. The third kappa shape index (κ3) is 2.73. The molecule has 7 heteroatoms. The van der Waals surface area contributed by atoms with E-state index in [-0.39, 0.29) is 0 Å². The van der Waals surface area contributed by atoms with Crippen molar-refractivity contribution in [3.8, 4) is 11.3 Å². The Kier molecular flexibility index (Phi) is 3.68. The van der Waals surface area contributed by atoms with Gasteiger partial charge >= 0.3 is 0 Å². The predicted molar refractivity (Wildman–Crippen MR) is 96.2 cm³/mol. The Morgan fingerprint density at radius 3 is 2.80 bits per heavy atom. The van der Waals surface area contributed by atoms with Gasteiger partial charge in [0.15, 0.2) is 0 Å². The molecule has 0 saturated carbocycles. The summed E-state index contributed by atoms with van der Waals surface area (Å²) in [6.45, 7) is 4.64. The summed E-state index contributed by atoms with van der Waals surface area (Å²) < 4.78 is 3.92. The van der Waals surface area contributed by atoms with Crippen molar-refractivity contribution < 1.29 is 0 Å². The summed E-state index contributed by atoms with van der Waals surface area (Å²) in [5.74, 6) is 0.589. The molecule has 7 nitrogen and oxygen atoms in total. The van der Waals surface area contributed by atoms with Gasteiger partial charge in [0.1, 0.15) is 5.65 Å². The van der Waals surface area contributed by atoms with E-state index < -0.39 is 0 Å². The molecule has 0 aromatic carbocycles. The first kappa shape index (κ1) is 15.3. The second-order valence-corrected chi connectivity index (χ2v) is 5.97. The summed E-state index contributed by atoms with van der Waals surface area (Å²) in [6.07, 6.45) is 5.63. The van der Waals surface area contributed by atoms with Gasteiger partial charge in [0.25, 0.3) is 0 Å². The van der Waals surface area contributed by atoms with Crippen molar-refractivity contribution >= 4 is 11.6 Å². The van der Waals surface area contributed by atoms with E-state index in [0.29, 0.717) is 12.5 Å². The van der Waals surface area contributed by atoms with Gasteiger partial charge in [0.2, 0.25) is 5.95 Å². The average Bonchev–Trinajstić information content (AvgIpc) is 3.14. The molecule has 0 aliphatic carbocycles. The van der Waals surface area contributed by atoms with E-state index in [1.54, 1.807) is 6.20 Å². The number of hydrogen-bond donors (Lipinski definition) is 1. The lowest BCUT2D eigenvalue weighted by Crippen LogP contribution is -2.06. The molecular weight excluding hydrogens is 314 g/mol. The molecule has 4 aromatic rings. The fourth-order valence-electron chi connectivity index (χ4n) is 3.01. The van der Waals surface area contributed by atoms with Crippen molar-refractivity contribution in [2.45, 2.75) is 20.4 Å². The van der Waals surface area contributed by atoms with Crippen molar-refractivity contribution in [2.75, 3.05) is 5.32 Å². The van der Waals surface area contributed by atoms with Crippen LogP contribution in [0.15, 0.2) is 42.9 Å². The zero-order valence-corrected chi connectivity index (χ0v) is 14.4. The van der Waals surface area contributed by atoms with Gasteiger partial charge in [-0.25, -0.2) is 15.0 Å². The molecule has 0 amide bonds. The Labute approximate surface area is 145 Å². The lowest BCUT2D eigenvalue weighted by molar-refractivity contribution is 0.731. The SMILES string of the molecule is Cc1nn(C)c(C)c1-c1ccnc(NCc2cnc3ccccn23)n1. The van der Waals surface area contributed by atoms with Crippen LogP contribution in [0.25, 0.3) is 16.9 Å². The highest BCUT2D eigenvalue weighted by Crippen LogP contribution is 2.25. The smallest absolute Gasteiger partial charge is 0.223 e. The number of anilines is 1. The van der Waals surface area contributed by atoms with E-state index in [0.717, 1.165) is 34.0 Å². The molecule has 1 N–H and O–H groups in total. The van der Waals surface area contributed by atoms with Crippen LogP contribution in [0.2, 0.25) is 0 Å². The van der Waals surface area contributed by atoms with Gasteiger partial charge in [0.05, 0.1) is 29.8 Å². The molecular formula is C18H19N7. The third-order valence-electron chi connectivity index (χ3n) is 4.34. The van der Waals surface area contributed by atoms with Crippen LogP contribution < -0.4 is 5.32 Å². The summed E-state index contributed by atoms with van der Waals surface area (Å²) in [4.78, 5) is 13.4. The largest absolute Gasteiger partial charge is 0.349 e. The number of aryl methyl sites for hydroxylation is 2.